The number of benzene rings is 1. The summed E-state index contributed by atoms with van der Waals surface area (Å²) in [6.45, 7) is 3.54. The van der Waals surface area contributed by atoms with Gasteiger partial charge >= 0.3 is 0 Å². The Bertz CT molecular complexity index is 374. The first kappa shape index (κ1) is 11.2. The van der Waals surface area contributed by atoms with Crippen LogP contribution in [-0.2, 0) is 0 Å². The molecule has 0 aromatic heterocycles. The molecular formula is C12H15N3. The van der Waals surface area contributed by atoms with Crippen LogP contribution in [0.1, 0.15) is 5.56 Å². The van der Waals surface area contributed by atoms with Gasteiger partial charge in [0, 0.05) is 31.6 Å². The van der Waals surface area contributed by atoms with Crippen LogP contribution in [-0.4, -0.2) is 27.0 Å². The lowest BCUT2D eigenvalue weighted by Gasteiger charge is -2.03. The van der Waals surface area contributed by atoms with Gasteiger partial charge in [0.1, 0.15) is 0 Å². The van der Waals surface area contributed by atoms with E-state index in [0.29, 0.717) is 0 Å². The van der Waals surface area contributed by atoms with E-state index in [4.69, 9.17) is 0 Å². The number of hydrogen-bond donors (Lipinski definition) is 1. The molecule has 78 valence electrons. The van der Waals surface area contributed by atoms with Gasteiger partial charge in [0.25, 0.3) is 0 Å². The Morgan fingerprint density at radius 3 is 2.47 bits per heavy atom. The van der Waals surface area contributed by atoms with Gasteiger partial charge in [0.2, 0.25) is 0 Å². The van der Waals surface area contributed by atoms with Crippen LogP contribution >= 0.6 is 0 Å². The van der Waals surface area contributed by atoms with E-state index >= 15 is 0 Å². The summed E-state index contributed by atoms with van der Waals surface area (Å²) in [7, 11) is 3.61. The van der Waals surface area contributed by atoms with Gasteiger partial charge in [0.05, 0.1) is 5.70 Å². The maximum atomic E-state index is 3.95. The lowest BCUT2D eigenvalue weighted by molar-refractivity contribution is 1.46. The molecule has 3 nitrogen and oxygen atoms in total. The minimum Gasteiger partial charge on any atom is -0.388 e. The van der Waals surface area contributed by atoms with Crippen molar-refractivity contribution in [1.29, 1.82) is 0 Å². The molecule has 1 rings (SSSR count). The zero-order chi connectivity index (χ0) is 11.1. The molecule has 0 aliphatic rings. The molecule has 1 aromatic rings. The van der Waals surface area contributed by atoms with Gasteiger partial charge in [-0.15, -0.1) is 0 Å². The van der Waals surface area contributed by atoms with Crippen molar-refractivity contribution < 1.29 is 0 Å². The van der Waals surface area contributed by atoms with Crippen molar-refractivity contribution in [2.75, 3.05) is 19.4 Å². The van der Waals surface area contributed by atoms with Crippen molar-refractivity contribution in [1.82, 2.24) is 0 Å². The molecule has 3 heteroatoms. The first-order valence-corrected chi connectivity index (χ1v) is 4.69. The molecule has 1 N–H and O–H groups in total. The van der Waals surface area contributed by atoms with Crippen molar-refractivity contribution in [3.05, 3.63) is 35.9 Å². The Balaban J connectivity index is 2.97. The second-order valence-electron chi connectivity index (χ2n) is 2.94. The predicted molar refractivity (Wildman–Crippen MR) is 67.9 cm³/mol. The van der Waals surface area contributed by atoms with E-state index in [1.54, 1.807) is 13.3 Å². The van der Waals surface area contributed by atoms with Crippen molar-refractivity contribution in [2.24, 2.45) is 9.98 Å². The number of nitrogens with one attached hydrogen (secondary N) is 1. The third kappa shape index (κ3) is 3.06. The zero-order valence-corrected chi connectivity index (χ0v) is 9.07. The van der Waals surface area contributed by atoms with Crippen LogP contribution in [0.5, 0.6) is 0 Å². The quantitative estimate of drug-likeness (QED) is 0.746. The summed E-state index contributed by atoms with van der Waals surface area (Å²) in [4.78, 5) is 7.83. The molecule has 0 spiro atoms. The van der Waals surface area contributed by atoms with Gasteiger partial charge in [-0.05, 0) is 24.9 Å². The zero-order valence-electron chi connectivity index (χ0n) is 9.07. The van der Waals surface area contributed by atoms with Gasteiger partial charge in [-0.2, -0.15) is 0 Å². The van der Waals surface area contributed by atoms with Gasteiger partial charge in [-0.25, -0.2) is 0 Å². The molecule has 0 saturated heterocycles. The predicted octanol–water partition coefficient (Wildman–Crippen LogP) is 2.47. The maximum absolute atomic E-state index is 3.95. The molecule has 0 atom stereocenters. The van der Waals surface area contributed by atoms with Crippen LogP contribution in [0.25, 0.3) is 5.70 Å². The topological polar surface area (TPSA) is 36.8 Å². The highest BCUT2D eigenvalue weighted by Gasteiger charge is 1.97. The molecule has 0 aliphatic heterocycles. The number of anilines is 1. The minimum absolute atomic E-state index is 0.822. The first-order valence-electron chi connectivity index (χ1n) is 4.69. The Hall–Kier alpha value is -1.90. The first-order chi connectivity index (χ1) is 7.31. The Kier molecular flexibility index (Phi) is 4.29. The van der Waals surface area contributed by atoms with E-state index < -0.39 is 0 Å². The highest BCUT2D eigenvalue weighted by Crippen LogP contribution is 2.17. The average Bonchev–Trinajstić information content (AvgIpc) is 2.31. The minimum atomic E-state index is 0.822. The normalized spacial score (nSPS) is 11.7. The molecule has 0 aliphatic carbocycles. The second-order valence-corrected chi connectivity index (χ2v) is 2.94. The fourth-order valence-corrected chi connectivity index (χ4v) is 1.19. The van der Waals surface area contributed by atoms with E-state index in [-0.39, 0.29) is 0 Å². The van der Waals surface area contributed by atoms with Crippen LogP contribution in [0.4, 0.5) is 5.69 Å². The van der Waals surface area contributed by atoms with Gasteiger partial charge < -0.3 is 5.32 Å². The standard InChI is InChI=1S/C12H15N3/c1-13-9-8-12(15-3)10-4-6-11(14-2)7-5-10/h4-9,14H,3H2,1-2H3/b12-8-,13-9?. The average molecular weight is 201 g/mol. The number of hydrogen-bond acceptors (Lipinski definition) is 3. The number of nitrogens with zero attached hydrogens (tertiary/aromatic N) is 2. The molecule has 0 radical (unpaired) electrons. The molecular weight excluding hydrogens is 186 g/mol. The molecule has 0 bridgehead atoms. The van der Waals surface area contributed by atoms with Gasteiger partial charge in [-0.1, -0.05) is 12.1 Å². The molecule has 0 saturated carbocycles. The van der Waals surface area contributed by atoms with Gasteiger partial charge in [0.15, 0.2) is 0 Å². The smallest absolute Gasteiger partial charge is 0.0709 e. The van der Waals surface area contributed by atoms with Crippen LogP contribution in [0.15, 0.2) is 40.3 Å². The summed E-state index contributed by atoms with van der Waals surface area (Å²) in [5.74, 6) is 0. The van der Waals surface area contributed by atoms with E-state index in [1.165, 1.54) is 0 Å². The summed E-state index contributed by atoms with van der Waals surface area (Å²) in [6.07, 6.45) is 3.54. The van der Waals surface area contributed by atoms with Crippen LogP contribution in [0.3, 0.4) is 0 Å². The van der Waals surface area contributed by atoms with Crippen LogP contribution in [0.2, 0.25) is 0 Å². The third-order valence-corrected chi connectivity index (χ3v) is 2.02. The molecule has 0 unspecified atom stereocenters. The number of aliphatic imine (C=N–C) groups is 2. The van der Waals surface area contributed by atoms with Crippen molar-refractivity contribution >= 4 is 24.3 Å². The van der Waals surface area contributed by atoms with E-state index in [2.05, 4.69) is 22.0 Å². The lowest BCUT2D eigenvalue weighted by atomic mass is 10.1. The summed E-state index contributed by atoms with van der Waals surface area (Å²) in [5.41, 5.74) is 2.93. The Labute approximate surface area is 90.3 Å². The number of allylic oxidation sites excluding steroid dienone is 1. The SMILES string of the molecule is C=N/C(=C\C=NC)c1ccc(NC)cc1. The highest BCUT2D eigenvalue weighted by molar-refractivity contribution is 5.85. The number of rotatable bonds is 4. The monoisotopic (exact) mass is 201 g/mol. The van der Waals surface area contributed by atoms with Gasteiger partial charge in [-0.3, -0.25) is 9.98 Å². The second kappa shape index (κ2) is 5.75. The largest absolute Gasteiger partial charge is 0.388 e. The Morgan fingerprint density at radius 1 is 1.33 bits per heavy atom. The van der Waals surface area contributed by atoms with Crippen LogP contribution < -0.4 is 5.32 Å². The summed E-state index contributed by atoms with van der Waals surface area (Å²) < 4.78 is 0. The molecule has 0 fully saturated rings. The molecule has 0 amide bonds. The van der Waals surface area contributed by atoms with E-state index in [9.17, 15) is 0 Å². The maximum Gasteiger partial charge on any atom is 0.0709 e. The van der Waals surface area contributed by atoms with Crippen molar-refractivity contribution in [2.45, 2.75) is 0 Å². The van der Waals surface area contributed by atoms with Crippen LogP contribution in [0, 0.1) is 0 Å². The van der Waals surface area contributed by atoms with E-state index in [0.717, 1.165) is 16.9 Å². The van der Waals surface area contributed by atoms with Crippen molar-refractivity contribution in [3.8, 4) is 0 Å². The fourth-order valence-electron chi connectivity index (χ4n) is 1.19. The lowest BCUT2D eigenvalue weighted by Crippen LogP contribution is -1.88. The summed E-state index contributed by atoms with van der Waals surface area (Å²) >= 11 is 0. The van der Waals surface area contributed by atoms with Crippen molar-refractivity contribution in [3.63, 3.8) is 0 Å². The summed E-state index contributed by atoms with van der Waals surface area (Å²) in [6, 6.07) is 7.99. The molecule has 15 heavy (non-hydrogen) atoms. The fraction of sp³-hybridized carbons (Fsp3) is 0.167. The Morgan fingerprint density at radius 2 is 2.00 bits per heavy atom. The molecule has 0 heterocycles. The van der Waals surface area contributed by atoms with E-state index in [1.807, 2.05) is 37.4 Å². The highest BCUT2D eigenvalue weighted by atomic mass is 14.8. The summed E-state index contributed by atoms with van der Waals surface area (Å²) in [5, 5.41) is 3.06. The molecule has 1 aromatic carbocycles. The third-order valence-electron chi connectivity index (χ3n) is 2.02.